The van der Waals surface area contributed by atoms with Gasteiger partial charge in [-0.25, -0.2) is 4.39 Å². The van der Waals surface area contributed by atoms with E-state index in [1.165, 1.54) is 35.4 Å². The van der Waals surface area contributed by atoms with Crippen LogP contribution < -0.4 is 4.90 Å². The first-order valence-corrected chi connectivity index (χ1v) is 12.0. The second-order valence-corrected chi connectivity index (χ2v) is 9.93. The van der Waals surface area contributed by atoms with Crippen molar-refractivity contribution < 1.29 is 14.1 Å². The Bertz CT molecular complexity index is 1300. The van der Waals surface area contributed by atoms with Gasteiger partial charge >= 0.3 is 0 Å². The van der Waals surface area contributed by atoms with Gasteiger partial charge in [-0.2, -0.15) is 0 Å². The van der Waals surface area contributed by atoms with E-state index in [1.807, 2.05) is 0 Å². The molecule has 1 fully saturated rings. The molecule has 2 aliphatic rings. The van der Waals surface area contributed by atoms with Crippen LogP contribution in [0.3, 0.4) is 0 Å². The number of nitro benzene ring substituents is 1. The number of hydrogen-bond acceptors (Lipinski definition) is 4. The monoisotopic (exact) mass is 493 g/mol. The normalized spacial score (nSPS) is 16.9. The van der Waals surface area contributed by atoms with Gasteiger partial charge in [0, 0.05) is 35.8 Å². The van der Waals surface area contributed by atoms with E-state index < -0.39 is 4.92 Å². The Morgan fingerprint density at radius 2 is 1.80 bits per heavy atom. The summed E-state index contributed by atoms with van der Waals surface area (Å²) in [6.07, 6.45) is 1.58. The minimum atomic E-state index is -0.600. The Hall–Kier alpha value is -3.29. The number of anilines is 1. The number of likely N-dealkylation sites (tertiary alicyclic amines) is 1. The van der Waals surface area contributed by atoms with Crippen LogP contribution in [-0.2, 0) is 12.0 Å². The lowest BCUT2D eigenvalue weighted by Crippen LogP contribution is -2.45. The maximum absolute atomic E-state index is 14.3. The highest BCUT2D eigenvalue weighted by Gasteiger charge is 2.46. The molecule has 1 amide bonds. The molecule has 0 radical (unpaired) electrons. The Morgan fingerprint density at radius 3 is 2.49 bits per heavy atom. The summed E-state index contributed by atoms with van der Waals surface area (Å²) >= 11 is 5.94. The summed E-state index contributed by atoms with van der Waals surface area (Å²) in [5, 5.41) is 11.3. The fourth-order valence-corrected chi connectivity index (χ4v) is 5.47. The minimum Gasteiger partial charge on any atom is -0.307 e. The summed E-state index contributed by atoms with van der Waals surface area (Å²) < 4.78 is 14.3. The van der Waals surface area contributed by atoms with E-state index in [1.54, 1.807) is 17.0 Å². The summed E-state index contributed by atoms with van der Waals surface area (Å²) in [5.41, 5.74) is 3.51. The number of nitro groups is 1. The zero-order chi connectivity index (χ0) is 24.7. The third-order valence-corrected chi connectivity index (χ3v) is 7.58. The number of piperidine rings is 1. The van der Waals surface area contributed by atoms with Crippen LogP contribution in [0.15, 0.2) is 60.7 Å². The van der Waals surface area contributed by atoms with Gasteiger partial charge in [-0.1, -0.05) is 41.4 Å². The molecule has 180 valence electrons. The molecule has 35 heavy (non-hydrogen) atoms. The number of carbonyl (C=O) groups is 1. The van der Waals surface area contributed by atoms with E-state index in [4.69, 9.17) is 11.6 Å². The SMILES string of the molecule is Cc1ccc(CN2CCC3(CC2)CN(C(=O)c2ccc(Cl)c([N+](=O)[O-])c2)c2ccc(F)cc23)cc1. The summed E-state index contributed by atoms with van der Waals surface area (Å²) in [4.78, 5) is 28.2. The number of carbonyl (C=O) groups excluding carboxylic acids is 1. The summed E-state index contributed by atoms with van der Waals surface area (Å²) in [6, 6.07) is 17.1. The Kier molecular flexibility index (Phi) is 6.07. The highest BCUT2D eigenvalue weighted by atomic mass is 35.5. The Balaban J connectivity index is 1.40. The third-order valence-electron chi connectivity index (χ3n) is 7.26. The van der Waals surface area contributed by atoms with Gasteiger partial charge in [0.1, 0.15) is 10.8 Å². The molecule has 0 aliphatic carbocycles. The van der Waals surface area contributed by atoms with Gasteiger partial charge in [-0.3, -0.25) is 19.8 Å². The van der Waals surface area contributed by atoms with Crippen molar-refractivity contribution in [2.24, 2.45) is 0 Å². The van der Waals surface area contributed by atoms with Crippen LogP contribution in [0.4, 0.5) is 15.8 Å². The number of aryl methyl sites for hydroxylation is 1. The first-order chi connectivity index (χ1) is 16.8. The molecule has 6 nitrogen and oxygen atoms in total. The molecule has 1 spiro atoms. The lowest BCUT2D eigenvalue weighted by atomic mass is 9.74. The van der Waals surface area contributed by atoms with Crippen molar-refractivity contribution in [3.05, 3.63) is 104 Å². The van der Waals surface area contributed by atoms with Gasteiger partial charge in [0.05, 0.1) is 4.92 Å². The summed E-state index contributed by atoms with van der Waals surface area (Å²) in [7, 11) is 0. The van der Waals surface area contributed by atoms with Crippen LogP contribution in [0.5, 0.6) is 0 Å². The predicted octanol–water partition coefficient (Wildman–Crippen LogP) is 5.89. The lowest BCUT2D eigenvalue weighted by Gasteiger charge is -2.40. The molecule has 1 saturated heterocycles. The van der Waals surface area contributed by atoms with Gasteiger partial charge in [0.2, 0.25) is 0 Å². The van der Waals surface area contributed by atoms with E-state index in [0.29, 0.717) is 12.2 Å². The lowest BCUT2D eigenvalue weighted by molar-refractivity contribution is -0.384. The van der Waals surface area contributed by atoms with Gasteiger partial charge in [-0.05, 0) is 74.3 Å². The van der Waals surface area contributed by atoms with Gasteiger partial charge < -0.3 is 4.90 Å². The Labute approximate surface area is 208 Å². The number of hydrogen-bond donors (Lipinski definition) is 0. The van der Waals surface area contributed by atoms with Crippen molar-refractivity contribution in [3.8, 4) is 0 Å². The van der Waals surface area contributed by atoms with Crippen molar-refractivity contribution in [1.29, 1.82) is 0 Å². The quantitative estimate of drug-likeness (QED) is 0.336. The van der Waals surface area contributed by atoms with Gasteiger partial charge in [0.25, 0.3) is 11.6 Å². The second-order valence-electron chi connectivity index (χ2n) is 9.52. The molecule has 0 bridgehead atoms. The molecule has 5 rings (SSSR count). The molecule has 0 atom stereocenters. The summed E-state index contributed by atoms with van der Waals surface area (Å²) in [5.74, 6) is -0.682. The summed E-state index contributed by atoms with van der Waals surface area (Å²) in [6.45, 7) is 5.00. The smallest absolute Gasteiger partial charge is 0.288 e. The van der Waals surface area contributed by atoms with Gasteiger partial charge in [-0.15, -0.1) is 0 Å². The number of rotatable bonds is 4. The zero-order valence-corrected chi connectivity index (χ0v) is 20.1. The van der Waals surface area contributed by atoms with Crippen molar-refractivity contribution in [1.82, 2.24) is 4.90 Å². The van der Waals surface area contributed by atoms with Crippen molar-refractivity contribution in [2.45, 2.75) is 31.7 Å². The maximum atomic E-state index is 14.3. The molecule has 0 unspecified atom stereocenters. The van der Waals surface area contributed by atoms with Gasteiger partial charge in [0.15, 0.2) is 0 Å². The number of nitrogens with zero attached hydrogens (tertiary/aromatic N) is 3. The van der Waals surface area contributed by atoms with Crippen LogP contribution in [0.2, 0.25) is 5.02 Å². The highest BCUT2D eigenvalue weighted by molar-refractivity contribution is 6.32. The highest BCUT2D eigenvalue weighted by Crippen LogP contribution is 2.48. The predicted molar refractivity (Wildman–Crippen MR) is 134 cm³/mol. The van der Waals surface area contributed by atoms with E-state index in [2.05, 4.69) is 36.1 Å². The fraction of sp³-hybridized carbons (Fsp3) is 0.296. The third kappa shape index (κ3) is 4.42. The second kappa shape index (κ2) is 9.06. The molecule has 0 N–H and O–H groups in total. The average Bonchev–Trinajstić information content (AvgIpc) is 3.15. The Morgan fingerprint density at radius 1 is 1.09 bits per heavy atom. The number of benzene rings is 3. The van der Waals surface area contributed by atoms with Crippen molar-refractivity contribution in [3.63, 3.8) is 0 Å². The van der Waals surface area contributed by atoms with Crippen LogP contribution in [-0.4, -0.2) is 35.4 Å². The zero-order valence-electron chi connectivity index (χ0n) is 19.3. The van der Waals surface area contributed by atoms with Crippen LogP contribution >= 0.6 is 11.6 Å². The van der Waals surface area contributed by atoms with E-state index in [-0.39, 0.29) is 33.4 Å². The van der Waals surface area contributed by atoms with E-state index >= 15 is 0 Å². The molecule has 0 saturated carbocycles. The fourth-order valence-electron chi connectivity index (χ4n) is 5.28. The molecular formula is C27H25ClFN3O3. The standard InChI is InChI=1S/C27H25ClFN3O3/c1-18-2-4-19(5-3-18)16-30-12-10-27(11-13-30)17-31(24-9-7-21(29)15-22(24)27)26(33)20-6-8-23(28)25(14-20)32(34)35/h2-9,14-15H,10-13,16-17H2,1H3. The largest absolute Gasteiger partial charge is 0.307 e. The molecule has 3 aromatic rings. The van der Waals surface area contributed by atoms with E-state index in [9.17, 15) is 19.3 Å². The number of amides is 1. The van der Waals surface area contributed by atoms with Crippen LogP contribution in [0.1, 0.15) is 39.9 Å². The topological polar surface area (TPSA) is 66.7 Å². The molecule has 3 aromatic carbocycles. The number of halogens is 2. The molecule has 2 heterocycles. The van der Waals surface area contributed by atoms with Crippen LogP contribution in [0.25, 0.3) is 0 Å². The van der Waals surface area contributed by atoms with Crippen molar-refractivity contribution in [2.75, 3.05) is 24.5 Å². The number of fused-ring (bicyclic) bond motifs is 2. The van der Waals surface area contributed by atoms with E-state index in [0.717, 1.165) is 38.0 Å². The molecular weight excluding hydrogens is 469 g/mol. The average molecular weight is 494 g/mol. The van der Waals surface area contributed by atoms with Crippen molar-refractivity contribution >= 4 is 28.9 Å². The first-order valence-electron chi connectivity index (χ1n) is 11.6. The maximum Gasteiger partial charge on any atom is 0.288 e. The molecule has 2 aliphatic heterocycles. The molecule has 8 heteroatoms. The van der Waals surface area contributed by atoms with Crippen LogP contribution in [0, 0.1) is 22.9 Å². The minimum absolute atomic E-state index is 0.0205. The first kappa shape index (κ1) is 23.5. The molecule has 0 aromatic heterocycles.